The van der Waals surface area contributed by atoms with Crippen LogP contribution in [0.2, 0.25) is 0 Å². The molecule has 0 amide bonds. The summed E-state index contributed by atoms with van der Waals surface area (Å²) in [6.07, 6.45) is 1.54. The Bertz CT molecular complexity index is 442. The number of H-pyrrole nitrogens is 1. The highest BCUT2D eigenvalue weighted by molar-refractivity contribution is 7.89. The zero-order valence-electron chi connectivity index (χ0n) is 9.11. The third-order valence-electron chi connectivity index (χ3n) is 2.11. The molecule has 0 aromatic carbocycles. The van der Waals surface area contributed by atoms with E-state index in [0.29, 0.717) is 11.4 Å². The fourth-order valence-electron chi connectivity index (χ4n) is 1.36. The molecule has 1 aromatic rings. The number of hydrogen-bond acceptors (Lipinski definition) is 3. The first kappa shape index (κ1) is 11.9. The smallest absolute Gasteiger partial charge is 0.246 e. The van der Waals surface area contributed by atoms with E-state index in [1.54, 1.807) is 19.9 Å². The van der Waals surface area contributed by atoms with E-state index in [1.165, 1.54) is 11.4 Å². The first-order chi connectivity index (χ1) is 6.91. The van der Waals surface area contributed by atoms with Crippen LogP contribution < -0.4 is 0 Å². The monoisotopic (exact) mass is 229 g/mol. The molecular weight excluding hydrogens is 214 g/mol. The first-order valence-corrected chi connectivity index (χ1v) is 5.94. The number of likely N-dealkylation sites (N-methyl/N-ethyl adjacent to an activating group) is 1. The van der Waals surface area contributed by atoms with E-state index in [1.807, 2.05) is 0 Å². The van der Waals surface area contributed by atoms with Crippen molar-refractivity contribution in [1.29, 1.82) is 0 Å². The van der Waals surface area contributed by atoms with E-state index < -0.39 is 10.0 Å². The van der Waals surface area contributed by atoms with Crippen LogP contribution >= 0.6 is 0 Å². The quantitative estimate of drug-likeness (QED) is 0.778. The van der Waals surface area contributed by atoms with Crippen molar-refractivity contribution in [3.8, 4) is 0 Å². The number of nitrogens with one attached hydrogen (secondary N) is 1. The molecule has 0 spiro atoms. The first-order valence-electron chi connectivity index (χ1n) is 4.50. The summed E-state index contributed by atoms with van der Waals surface area (Å²) in [6, 6.07) is 0. The molecule has 1 rings (SSSR count). The predicted octanol–water partition coefficient (Wildman–Crippen LogP) is 0.833. The maximum Gasteiger partial charge on any atom is 0.246 e. The lowest BCUT2D eigenvalue weighted by Gasteiger charge is -2.14. The highest BCUT2D eigenvalue weighted by atomic mass is 32.2. The summed E-state index contributed by atoms with van der Waals surface area (Å²) >= 11 is 0. The average molecular weight is 229 g/mol. The summed E-state index contributed by atoms with van der Waals surface area (Å²) < 4.78 is 25.3. The van der Waals surface area contributed by atoms with E-state index in [2.05, 4.69) is 16.8 Å². The fraction of sp³-hybridized carbons (Fsp3) is 0.444. The second kappa shape index (κ2) is 4.16. The summed E-state index contributed by atoms with van der Waals surface area (Å²) in [4.78, 5) is 0.256. The molecule has 1 heterocycles. The van der Waals surface area contributed by atoms with E-state index in [4.69, 9.17) is 0 Å². The van der Waals surface area contributed by atoms with Crippen LogP contribution in [0.15, 0.2) is 17.6 Å². The molecule has 15 heavy (non-hydrogen) atoms. The van der Waals surface area contributed by atoms with E-state index in [9.17, 15) is 8.42 Å². The lowest BCUT2D eigenvalue weighted by Crippen LogP contribution is -2.27. The van der Waals surface area contributed by atoms with Gasteiger partial charge in [-0.15, -0.1) is 6.58 Å². The number of hydrogen-bond donors (Lipinski definition) is 1. The predicted molar refractivity (Wildman–Crippen MR) is 58.1 cm³/mol. The van der Waals surface area contributed by atoms with E-state index in [-0.39, 0.29) is 11.4 Å². The largest absolute Gasteiger partial charge is 0.281 e. The fourth-order valence-corrected chi connectivity index (χ4v) is 2.82. The number of rotatable bonds is 4. The second-order valence-electron chi connectivity index (χ2n) is 3.34. The topological polar surface area (TPSA) is 66.1 Å². The van der Waals surface area contributed by atoms with Crippen LogP contribution in [0.3, 0.4) is 0 Å². The average Bonchev–Trinajstić information content (AvgIpc) is 2.46. The Morgan fingerprint density at radius 1 is 1.53 bits per heavy atom. The third kappa shape index (κ3) is 2.10. The maximum absolute atomic E-state index is 12.0. The van der Waals surface area contributed by atoms with Crippen molar-refractivity contribution < 1.29 is 8.42 Å². The van der Waals surface area contributed by atoms with Gasteiger partial charge in [-0.3, -0.25) is 5.10 Å². The van der Waals surface area contributed by atoms with Gasteiger partial charge in [0.05, 0.1) is 11.4 Å². The zero-order chi connectivity index (χ0) is 11.6. The minimum absolute atomic E-state index is 0.256. The molecule has 0 aliphatic rings. The molecule has 0 bridgehead atoms. The van der Waals surface area contributed by atoms with Crippen molar-refractivity contribution >= 4 is 10.0 Å². The van der Waals surface area contributed by atoms with Crippen LogP contribution in [0.25, 0.3) is 0 Å². The molecule has 0 fully saturated rings. The minimum atomic E-state index is -3.45. The molecule has 1 N–H and O–H groups in total. The standard InChI is InChI=1S/C9H15N3O2S/c1-5-6-12(4)15(13,14)9-7(2)10-11-8(9)3/h5H,1,6H2,2-4H3,(H,10,11). The number of aromatic amines is 1. The molecular formula is C9H15N3O2S. The van der Waals surface area contributed by atoms with Crippen LogP contribution in [-0.2, 0) is 10.0 Å². The summed E-state index contributed by atoms with van der Waals surface area (Å²) in [5, 5.41) is 6.53. The van der Waals surface area contributed by atoms with Crippen LogP contribution in [-0.4, -0.2) is 36.5 Å². The Kier molecular flexibility index (Phi) is 3.31. The van der Waals surface area contributed by atoms with E-state index >= 15 is 0 Å². The summed E-state index contributed by atoms with van der Waals surface area (Å²) in [6.45, 7) is 7.15. The lowest BCUT2D eigenvalue weighted by molar-refractivity contribution is 0.498. The lowest BCUT2D eigenvalue weighted by atomic mass is 10.4. The van der Waals surface area contributed by atoms with Gasteiger partial charge in [-0.2, -0.15) is 9.40 Å². The molecule has 0 radical (unpaired) electrons. The van der Waals surface area contributed by atoms with Gasteiger partial charge >= 0.3 is 0 Å². The number of aryl methyl sites for hydroxylation is 2. The Morgan fingerprint density at radius 3 is 2.53 bits per heavy atom. The third-order valence-corrected chi connectivity index (χ3v) is 4.20. The second-order valence-corrected chi connectivity index (χ2v) is 5.32. The summed E-state index contributed by atoms with van der Waals surface area (Å²) in [5.74, 6) is 0. The Hall–Kier alpha value is -1.14. The summed E-state index contributed by atoms with van der Waals surface area (Å²) in [7, 11) is -1.93. The van der Waals surface area contributed by atoms with Gasteiger partial charge in [-0.25, -0.2) is 8.42 Å². The Morgan fingerprint density at radius 2 is 2.13 bits per heavy atom. The van der Waals surface area contributed by atoms with Crippen molar-refractivity contribution in [1.82, 2.24) is 14.5 Å². The van der Waals surface area contributed by atoms with E-state index in [0.717, 1.165) is 0 Å². The molecule has 84 valence electrons. The van der Waals surface area contributed by atoms with Gasteiger partial charge in [-0.1, -0.05) is 6.08 Å². The van der Waals surface area contributed by atoms with Gasteiger partial charge in [-0.05, 0) is 13.8 Å². The van der Waals surface area contributed by atoms with Crippen molar-refractivity contribution in [2.24, 2.45) is 0 Å². The van der Waals surface area contributed by atoms with Crippen molar-refractivity contribution in [2.75, 3.05) is 13.6 Å². The highest BCUT2D eigenvalue weighted by Crippen LogP contribution is 2.20. The molecule has 0 saturated carbocycles. The van der Waals surface area contributed by atoms with Crippen molar-refractivity contribution in [3.63, 3.8) is 0 Å². The van der Waals surface area contributed by atoms with Gasteiger partial charge < -0.3 is 0 Å². The van der Waals surface area contributed by atoms with Crippen LogP contribution in [0.1, 0.15) is 11.4 Å². The molecule has 0 unspecified atom stereocenters. The molecule has 0 aliphatic carbocycles. The van der Waals surface area contributed by atoms with Crippen LogP contribution in [0.4, 0.5) is 0 Å². The van der Waals surface area contributed by atoms with Gasteiger partial charge in [0.15, 0.2) is 0 Å². The van der Waals surface area contributed by atoms with Crippen molar-refractivity contribution in [2.45, 2.75) is 18.7 Å². The molecule has 0 aliphatic heterocycles. The van der Waals surface area contributed by atoms with Crippen molar-refractivity contribution in [3.05, 3.63) is 24.0 Å². The number of nitrogens with zero attached hydrogens (tertiary/aromatic N) is 2. The molecule has 0 saturated heterocycles. The Balaban J connectivity index is 3.22. The summed E-state index contributed by atoms with van der Waals surface area (Å²) in [5.41, 5.74) is 1.05. The van der Waals surface area contributed by atoms with Crippen LogP contribution in [0.5, 0.6) is 0 Å². The number of aromatic nitrogens is 2. The normalized spacial score (nSPS) is 12.0. The molecule has 1 aromatic heterocycles. The van der Waals surface area contributed by atoms with Gasteiger partial charge in [0.2, 0.25) is 10.0 Å². The van der Waals surface area contributed by atoms with Gasteiger partial charge in [0.25, 0.3) is 0 Å². The van der Waals surface area contributed by atoms with Crippen LogP contribution in [0, 0.1) is 13.8 Å². The molecule has 5 nitrogen and oxygen atoms in total. The maximum atomic E-state index is 12.0. The Labute approximate surface area is 89.8 Å². The zero-order valence-corrected chi connectivity index (χ0v) is 9.93. The van der Waals surface area contributed by atoms with Gasteiger partial charge in [0.1, 0.15) is 4.90 Å². The SMILES string of the molecule is C=CCN(C)S(=O)(=O)c1c(C)n[nH]c1C. The highest BCUT2D eigenvalue weighted by Gasteiger charge is 2.25. The number of sulfonamides is 1. The van der Waals surface area contributed by atoms with Gasteiger partial charge in [0, 0.05) is 13.6 Å². The molecule has 6 heteroatoms. The minimum Gasteiger partial charge on any atom is -0.281 e. The molecule has 0 atom stereocenters.